The molecular formula is C10H7BrN2. The minimum absolute atomic E-state index is 0.0668. The van der Waals surface area contributed by atoms with Crippen LogP contribution in [0, 0.1) is 0 Å². The van der Waals surface area contributed by atoms with E-state index >= 15 is 0 Å². The maximum Gasteiger partial charge on any atom is 0.116 e. The molecular weight excluding hydrogens is 228 g/mol. The molecule has 0 unspecified atom stereocenters. The smallest absolute Gasteiger partial charge is 0.116 e. The van der Waals surface area contributed by atoms with E-state index in [4.69, 9.17) is 4.11 Å². The highest BCUT2D eigenvalue weighted by Crippen LogP contribution is 2.25. The SMILES string of the molecule is [2H]c1nc([2H])c([2H])c(-c2ccccc2Br)n1. The Labute approximate surface area is 89.0 Å². The van der Waals surface area contributed by atoms with Crippen molar-refractivity contribution in [3.63, 3.8) is 0 Å². The van der Waals surface area contributed by atoms with Crippen LogP contribution in [-0.4, -0.2) is 9.97 Å². The van der Waals surface area contributed by atoms with E-state index in [1.165, 1.54) is 0 Å². The molecule has 1 aromatic heterocycles. The first kappa shape index (κ1) is 5.50. The van der Waals surface area contributed by atoms with Crippen LogP contribution in [0.15, 0.2) is 47.3 Å². The number of halogens is 1. The van der Waals surface area contributed by atoms with Gasteiger partial charge >= 0.3 is 0 Å². The summed E-state index contributed by atoms with van der Waals surface area (Å²) in [5.41, 5.74) is 0.995. The van der Waals surface area contributed by atoms with Crippen LogP contribution in [0.5, 0.6) is 0 Å². The Hall–Kier alpha value is -1.22. The molecule has 0 radical (unpaired) electrons. The van der Waals surface area contributed by atoms with Gasteiger partial charge in [0.25, 0.3) is 0 Å². The molecule has 13 heavy (non-hydrogen) atoms. The summed E-state index contributed by atoms with van der Waals surface area (Å²) in [7, 11) is 0. The van der Waals surface area contributed by atoms with Gasteiger partial charge in [0, 0.05) is 16.2 Å². The number of rotatable bonds is 1. The molecule has 1 heterocycles. The van der Waals surface area contributed by atoms with Crippen LogP contribution in [0.2, 0.25) is 0 Å². The zero-order chi connectivity index (χ0) is 11.7. The molecule has 0 amide bonds. The summed E-state index contributed by atoms with van der Waals surface area (Å²) in [4.78, 5) is 7.39. The van der Waals surface area contributed by atoms with Gasteiger partial charge in [0.2, 0.25) is 0 Å². The summed E-state index contributed by atoms with van der Waals surface area (Å²) in [6, 6.07) is 7.20. The Bertz CT molecular complexity index is 546. The molecule has 64 valence electrons. The lowest BCUT2D eigenvalue weighted by atomic mass is 10.1. The average Bonchev–Trinajstić information content (AvgIpc) is 2.24. The molecule has 1 aromatic carbocycles. The second kappa shape index (κ2) is 3.66. The van der Waals surface area contributed by atoms with Gasteiger partial charge in [-0.1, -0.05) is 34.1 Å². The predicted molar refractivity (Wildman–Crippen MR) is 55.2 cm³/mol. The van der Waals surface area contributed by atoms with Gasteiger partial charge in [0.1, 0.15) is 7.67 Å². The fourth-order valence-corrected chi connectivity index (χ4v) is 1.46. The Morgan fingerprint density at radius 1 is 1.31 bits per heavy atom. The minimum atomic E-state index is -0.244. The van der Waals surface area contributed by atoms with Crippen molar-refractivity contribution in [1.29, 1.82) is 0 Å². The molecule has 0 bridgehead atoms. The Balaban J connectivity index is 2.69. The van der Waals surface area contributed by atoms with Gasteiger partial charge in [0.15, 0.2) is 0 Å². The van der Waals surface area contributed by atoms with E-state index < -0.39 is 0 Å². The fourth-order valence-electron chi connectivity index (χ4n) is 0.990. The van der Waals surface area contributed by atoms with Crippen molar-refractivity contribution in [1.82, 2.24) is 9.97 Å². The van der Waals surface area contributed by atoms with Crippen LogP contribution in [-0.2, 0) is 0 Å². The van der Waals surface area contributed by atoms with Crippen molar-refractivity contribution in [2.75, 3.05) is 0 Å². The zero-order valence-electron chi connectivity index (χ0n) is 9.58. The monoisotopic (exact) mass is 237 g/mol. The summed E-state index contributed by atoms with van der Waals surface area (Å²) in [5, 5.41) is 0. The number of aromatic nitrogens is 2. The highest BCUT2D eigenvalue weighted by Gasteiger charge is 2.01. The number of hydrogen-bond acceptors (Lipinski definition) is 2. The van der Waals surface area contributed by atoms with Gasteiger partial charge < -0.3 is 0 Å². The Morgan fingerprint density at radius 3 is 3.00 bits per heavy atom. The molecule has 0 aliphatic rings. The third kappa shape index (κ3) is 1.75. The van der Waals surface area contributed by atoms with E-state index in [2.05, 4.69) is 25.9 Å². The minimum Gasteiger partial charge on any atom is -0.245 e. The Morgan fingerprint density at radius 2 is 2.15 bits per heavy atom. The van der Waals surface area contributed by atoms with E-state index in [0.717, 1.165) is 4.47 Å². The standard InChI is InChI=1S/C10H7BrN2/c11-9-4-2-1-3-8(9)10-5-6-12-7-13-10/h1-7H/i5D,6D,7D. The molecule has 0 N–H and O–H groups in total. The molecule has 0 spiro atoms. The number of benzene rings is 1. The quantitative estimate of drug-likeness (QED) is 0.763. The first-order chi connectivity index (χ1) is 7.59. The fraction of sp³-hybridized carbons (Fsp3) is 0. The molecule has 3 heteroatoms. The van der Waals surface area contributed by atoms with E-state index in [0.29, 0.717) is 11.3 Å². The molecule has 2 rings (SSSR count). The van der Waals surface area contributed by atoms with Gasteiger partial charge in [0.05, 0.1) is 8.44 Å². The van der Waals surface area contributed by atoms with E-state index in [1.54, 1.807) is 6.07 Å². The van der Waals surface area contributed by atoms with E-state index in [1.807, 2.05) is 18.2 Å². The molecule has 0 aliphatic carbocycles. The lowest BCUT2D eigenvalue weighted by Crippen LogP contribution is -1.84. The molecule has 0 saturated carbocycles. The maximum atomic E-state index is 7.71. The van der Waals surface area contributed by atoms with Crippen molar-refractivity contribution >= 4 is 15.9 Å². The first-order valence-corrected chi connectivity index (χ1v) is 4.45. The van der Waals surface area contributed by atoms with Gasteiger partial charge in [-0.15, -0.1) is 0 Å². The van der Waals surface area contributed by atoms with Crippen molar-refractivity contribution in [2.45, 2.75) is 0 Å². The van der Waals surface area contributed by atoms with Crippen LogP contribution in [0.25, 0.3) is 11.3 Å². The predicted octanol–water partition coefficient (Wildman–Crippen LogP) is 2.91. The molecule has 0 aliphatic heterocycles. The molecule has 0 atom stereocenters. The summed E-state index contributed by atoms with van der Waals surface area (Å²) < 4.78 is 23.3. The molecule has 0 fully saturated rings. The molecule has 2 aromatic rings. The summed E-state index contributed by atoms with van der Waals surface area (Å²) in [6.45, 7) is 0. The Kier molecular flexibility index (Phi) is 1.55. The molecule has 0 saturated heterocycles. The van der Waals surface area contributed by atoms with Crippen LogP contribution in [0.3, 0.4) is 0 Å². The van der Waals surface area contributed by atoms with Gasteiger partial charge in [-0.05, 0) is 12.1 Å². The van der Waals surface area contributed by atoms with Crippen LogP contribution in [0.4, 0.5) is 0 Å². The van der Waals surface area contributed by atoms with E-state index in [-0.39, 0.29) is 18.5 Å². The lowest BCUT2D eigenvalue weighted by Gasteiger charge is -2.01. The number of hydrogen-bond donors (Lipinski definition) is 0. The zero-order valence-corrected chi connectivity index (χ0v) is 8.17. The van der Waals surface area contributed by atoms with Gasteiger partial charge in [-0.3, -0.25) is 0 Å². The molecule has 2 nitrogen and oxygen atoms in total. The van der Waals surface area contributed by atoms with E-state index in [9.17, 15) is 0 Å². The van der Waals surface area contributed by atoms with Crippen molar-refractivity contribution < 1.29 is 4.11 Å². The topological polar surface area (TPSA) is 25.8 Å². The van der Waals surface area contributed by atoms with Crippen LogP contribution in [0.1, 0.15) is 4.11 Å². The van der Waals surface area contributed by atoms with Crippen LogP contribution >= 0.6 is 15.9 Å². The maximum absolute atomic E-state index is 7.71. The van der Waals surface area contributed by atoms with Crippen LogP contribution < -0.4 is 0 Å². The van der Waals surface area contributed by atoms with Crippen molar-refractivity contribution in [3.05, 3.63) is 47.3 Å². The second-order valence-corrected chi connectivity index (χ2v) is 3.24. The summed E-state index contributed by atoms with van der Waals surface area (Å²) in [6.07, 6.45) is -0.475. The van der Waals surface area contributed by atoms with Crippen molar-refractivity contribution in [3.8, 4) is 11.3 Å². The third-order valence-corrected chi connectivity index (χ3v) is 2.26. The highest BCUT2D eigenvalue weighted by atomic mass is 79.9. The first-order valence-electron chi connectivity index (χ1n) is 5.16. The average molecular weight is 238 g/mol. The normalized spacial score (nSPS) is 13.2. The summed E-state index contributed by atoms with van der Waals surface area (Å²) in [5.74, 6) is 0. The summed E-state index contributed by atoms with van der Waals surface area (Å²) >= 11 is 3.35. The van der Waals surface area contributed by atoms with Gasteiger partial charge in [-0.25, -0.2) is 9.97 Å². The van der Waals surface area contributed by atoms with Gasteiger partial charge in [-0.2, -0.15) is 0 Å². The number of nitrogens with zero attached hydrogens (tertiary/aromatic N) is 2. The second-order valence-electron chi connectivity index (χ2n) is 2.39. The largest absolute Gasteiger partial charge is 0.245 e. The van der Waals surface area contributed by atoms with Crippen molar-refractivity contribution in [2.24, 2.45) is 0 Å². The third-order valence-electron chi connectivity index (χ3n) is 1.57. The lowest BCUT2D eigenvalue weighted by molar-refractivity contribution is 1.17. The highest BCUT2D eigenvalue weighted by molar-refractivity contribution is 9.10.